The van der Waals surface area contributed by atoms with Gasteiger partial charge in [0, 0.05) is 12.2 Å². The summed E-state index contributed by atoms with van der Waals surface area (Å²) >= 11 is 0. The summed E-state index contributed by atoms with van der Waals surface area (Å²) in [5.74, 6) is 0. The summed E-state index contributed by atoms with van der Waals surface area (Å²) in [7, 11) is 0. The largest absolute Gasteiger partial charge is 0.341 e. The van der Waals surface area contributed by atoms with Crippen LogP contribution in [0.3, 0.4) is 0 Å². The van der Waals surface area contributed by atoms with Crippen LogP contribution in [0.4, 0.5) is 11.4 Å². The van der Waals surface area contributed by atoms with Crippen molar-refractivity contribution in [1.82, 2.24) is 0 Å². The first-order chi connectivity index (χ1) is 8.81. The second kappa shape index (κ2) is 4.34. The maximum Gasteiger partial charge on any atom is 0.0514 e. The average Bonchev–Trinajstić information content (AvgIpc) is 2.56. The molecule has 0 aromatic heterocycles. The van der Waals surface area contributed by atoms with Crippen LogP contribution in [0.25, 0.3) is 12.2 Å². The summed E-state index contributed by atoms with van der Waals surface area (Å²) < 4.78 is 0. The van der Waals surface area contributed by atoms with Crippen molar-refractivity contribution in [3.8, 4) is 0 Å². The summed E-state index contributed by atoms with van der Waals surface area (Å²) in [4.78, 5) is 2.40. The minimum Gasteiger partial charge on any atom is -0.341 e. The lowest BCUT2D eigenvalue weighted by molar-refractivity contribution is 1.01. The smallest absolute Gasteiger partial charge is 0.0514 e. The SMILES string of the molecule is CCN1c2ccccc2C=Cc2cccc(C)c21. The van der Waals surface area contributed by atoms with Crippen molar-refractivity contribution >= 4 is 23.5 Å². The molecule has 0 saturated carbocycles. The monoisotopic (exact) mass is 235 g/mol. The molecule has 0 N–H and O–H groups in total. The fourth-order valence-corrected chi connectivity index (χ4v) is 2.69. The first-order valence-corrected chi connectivity index (χ1v) is 6.45. The van der Waals surface area contributed by atoms with Gasteiger partial charge in [-0.3, -0.25) is 0 Å². The van der Waals surface area contributed by atoms with Crippen molar-refractivity contribution in [2.75, 3.05) is 11.4 Å². The number of benzene rings is 2. The first-order valence-electron chi connectivity index (χ1n) is 6.45. The zero-order chi connectivity index (χ0) is 12.5. The Morgan fingerprint density at radius 2 is 1.61 bits per heavy atom. The third-order valence-electron chi connectivity index (χ3n) is 3.53. The highest BCUT2D eigenvalue weighted by Gasteiger charge is 2.17. The van der Waals surface area contributed by atoms with Crippen LogP contribution in [0.2, 0.25) is 0 Å². The molecule has 0 fully saturated rings. The zero-order valence-electron chi connectivity index (χ0n) is 10.9. The zero-order valence-corrected chi connectivity index (χ0v) is 10.9. The molecule has 1 aliphatic rings. The van der Waals surface area contributed by atoms with E-state index in [2.05, 4.69) is 73.4 Å². The molecule has 90 valence electrons. The lowest BCUT2D eigenvalue weighted by Gasteiger charge is -2.27. The van der Waals surface area contributed by atoms with Crippen molar-refractivity contribution in [3.63, 3.8) is 0 Å². The number of hydrogen-bond donors (Lipinski definition) is 0. The molecule has 0 amide bonds. The van der Waals surface area contributed by atoms with Gasteiger partial charge >= 0.3 is 0 Å². The van der Waals surface area contributed by atoms with E-state index in [9.17, 15) is 0 Å². The standard InChI is InChI=1S/C17H17N/c1-3-18-16-10-5-4-8-14(16)11-12-15-9-6-7-13(2)17(15)18/h4-12H,3H2,1-2H3. The van der Waals surface area contributed by atoms with Crippen LogP contribution < -0.4 is 4.90 Å². The number of rotatable bonds is 1. The summed E-state index contributed by atoms with van der Waals surface area (Å²) in [6.07, 6.45) is 4.43. The molecule has 2 aromatic rings. The fraction of sp³-hybridized carbons (Fsp3) is 0.176. The number of fused-ring (bicyclic) bond motifs is 2. The normalized spacial score (nSPS) is 12.9. The quantitative estimate of drug-likeness (QED) is 0.696. The Morgan fingerprint density at radius 3 is 2.44 bits per heavy atom. The molecule has 1 heterocycles. The second-order valence-corrected chi connectivity index (χ2v) is 4.65. The maximum atomic E-state index is 2.40. The van der Waals surface area contributed by atoms with Crippen molar-refractivity contribution in [3.05, 3.63) is 59.2 Å². The van der Waals surface area contributed by atoms with E-state index in [0.717, 1.165) is 6.54 Å². The number of aryl methyl sites for hydroxylation is 1. The topological polar surface area (TPSA) is 3.24 Å². The predicted octanol–water partition coefficient (Wildman–Crippen LogP) is 4.64. The third-order valence-corrected chi connectivity index (χ3v) is 3.53. The Bertz CT molecular complexity index is 611. The Labute approximate surface area is 108 Å². The van der Waals surface area contributed by atoms with Crippen LogP contribution >= 0.6 is 0 Å². The third kappa shape index (κ3) is 1.63. The van der Waals surface area contributed by atoms with Gasteiger partial charge in [-0.1, -0.05) is 48.6 Å². The van der Waals surface area contributed by atoms with Crippen molar-refractivity contribution in [2.45, 2.75) is 13.8 Å². The van der Waals surface area contributed by atoms with Gasteiger partial charge in [0.05, 0.1) is 5.69 Å². The van der Waals surface area contributed by atoms with Crippen LogP contribution in [0.1, 0.15) is 23.6 Å². The van der Waals surface area contributed by atoms with Gasteiger partial charge in [-0.2, -0.15) is 0 Å². The number of anilines is 2. The van der Waals surface area contributed by atoms with Crippen molar-refractivity contribution < 1.29 is 0 Å². The number of nitrogens with zero attached hydrogens (tertiary/aromatic N) is 1. The summed E-state index contributed by atoms with van der Waals surface area (Å²) in [5.41, 5.74) is 6.55. The van der Waals surface area contributed by atoms with Crippen LogP contribution in [-0.2, 0) is 0 Å². The molecule has 0 radical (unpaired) electrons. The van der Waals surface area contributed by atoms with Gasteiger partial charge in [0.25, 0.3) is 0 Å². The summed E-state index contributed by atoms with van der Waals surface area (Å²) in [6, 6.07) is 15.1. The molecule has 18 heavy (non-hydrogen) atoms. The van der Waals surface area contributed by atoms with Gasteiger partial charge in [-0.15, -0.1) is 0 Å². The highest BCUT2D eigenvalue weighted by molar-refractivity contribution is 5.89. The van der Waals surface area contributed by atoms with E-state index >= 15 is 0 Å². The van der Waals surface area contributed by atoms with Gasteiger partial charge < -0.3 is 4.90 Å². The molecule has 0 spiro atoms. The molecule has 0 atom stereocenters. The van der Waals surface area contributed by atoms with Crippen LogP contribution in [0, 0.1) is 6.92 Å². The molecule has 0 aliphatic carbocycles. The maximum absolute atomic E-state index is 2.40. The molecule has 0 unspecified atom stereocenters. The number of para-hydroxylation sites is 2. The van der Waals surface area contributed by atoms with Gasteiger partial charge in [-0.25, -0.2) is 0 Å². The number of hydrogen-bond acceptors (Lipinski definition) is 1. The van der Waals surface area contributed by atoms with E-state index in [-0.39, 0.29) is 0 Å². The minimum absolute atomic E-state index is 0.983. The fourth-order valence-electron chi connectivity index (χ4n) is 2.69. The predicted molar refractivity (Wildman–Crippen MR) is 79.2 cm³/mol. The van der Waals surface area contributed by atoms with E-state index in [1.807, 2.05) is 0 Å². The van der Waals surface area contributed by atoms with Crippen molar-refractivity contribution in [1.29, 1.82) is 0 Å². The first kappa shape index (κ1) is 11.1. The Hall–Kier alpha value is -2.02. The van der Waals surface area contributed by atoms with E-state index < -0.39 is 0 Å². The Balaban J connectivity index is 2.30. The Kier molecular flexibility index (Phi) is 2.67. The molecule has 1 aliphatic heterocycles. The van der Waals surface area contributed by atoms with Crippen molar-refractivity contribution in [2.24, 2.45) is 0 Å². The average molecular weight is 235 g/mol. The molecule has 1 nitrogen and oxygen atoms in total. The molecule has 1 heteroatoms. The van der Waals surface area contributed by atoms with E-state index in [1.54, 1.807) is 0 Å². The molecule has 0 saturated heterocycles. The molecule has 3 rings (SSSR count). The Morgan fingerprint density at radius 1 is 0.889 bits per heavy atom. The minimum atomic E-state index is 0.983. The molecule has 2 aromatic carbocycles. The summed E-state index contributed by atoms with van der Waals surface area (Å²) in [6.45, 7) is 5.37. The lowest BCUT2D eigenvalue weighted by atomic mass is 10.1. The molecular weight excluding hydrogens is 218 g/mol. The second-order valence-electron chi connectivity index (χ2n) is 4.65. The molecule has 0 bridgehead atoms. The van der Waals surface area contributed by atoms with E-state index in [4.69, 9.17) is 0 Å². The van der Waals surface area contributed by atoms with E-state index in [0.29, 0.717) is 0 Å². The summed E-state index contributed by atoms with van der Waals surface area (Å²) in [5, 5.41) is 0. The van der Waals surface area contributed by atoms with Crippen LogP contribution in [0.5, 0.6) is 0 Å². The van der Waals surface area contributed by atoms with Gasteiger partial charge in [-0.05, 0) is 36.6 Å². The van der Waals surface area contributed by atoms with Crippen LogP contribution in [0.15, 0.2) is 42.5 Å². The van der Waals surface area contributed by atoms with E-state index in [1.165, 1.54) is 28.1 Å². The lowest BCUT2D eigenvalue weighted by Crippen LogP contribution is -2.18. The van der Waals surface area contributed by atoms with Gasteiger partial charge in [0.1, 0.15) is 0 Å². The van der Waals surface area contributed by atoms with Crippen LogP contribution in [-0.4, -0.2) is 6.54 Å². The van der Waals surface area contributed by atoms with Gasteiger partial charge in [0.2, 0.25) is 0 Å². The molecular formula is C17H17N. The highest BCUT2D eigenvalue weighted by atomic mass is 15.1. The highest BCUT2D eigenvalue weighted by Crippen LogP contribution is 2.37. The van der Waals surface area contributed by atoms with Gasteiger partial charge in [0.15, 0.2) is 0 Å².